The first-order chi connectivity index (χ1) is 9.74. The molecule has 0 spiro atoms. The van der Waals surface area contributed by atoms with Crippen LogP contribution in [0.5, 0.6) is 5.88 Å². The van der Waals surface area contributed by atoms with Crippen molar-refractivity contribution in [2.75, 3.05) is 6.61 Å². The lowest BCUT2D eigenvalue weighted by molar-refractivity contribution is 0.303. The van der Waals surface area contributed by atoms with E-state index in [4.69, 9.17) is 10.6 Å². The van der Waals surface area contributed by atoms with Gasteiger partial charge in [0.2, 0.25) is 0 Å². The fourth-order valence-electron chi connectivity index (χ4n) is 2.23. The maximum absolute atomic E-state index is 14.2. The molecule has 1 aromatic heterocycles. The number of halogens is 1. The molecule has 1 rings (SSSR count). The van der Waals surface area contributed by atoms with Crippen LogP contribution in [0.15, 0.2) is 12.3 Å². The number of aromatic nitrogens is 1. The Kier molecular flexibility index (Phi) is 8.14. The molecule has 1 atom stereocenters. The predicted octanol–water partition coefficient (Wildman–Crippen LogP) is 3.48. The van der Waals surface area contributed by atoms with Gasteiger partial charge in [0.15, 0.2) is 5.82 Å². The first kappa shape index (κ1) is 16.9. The maximum atomic E-state index is 14.2. The zero-order valence-electron chi connectivity index (χ0n) is 12.5. The standard InChI is InChI=1S/C15H26FN3O/c1-3-5-6-7-8-9-13(19-17)12-10-11-18-15(14(12)16)20-4-2/h10-11,13,19H,3-9,17H2,1-2H3. The van der Waals surface area contributed by atoms with Gasteiger partial charge < -0.3 is 4.74 Å². The second-order valence-electron chi connectivity index (χ2n) is 4.87. The van der Waals surface area contributed by atoms with E-state index in [1.54, 1.807) is 19.2 Å². The molecule has 0 radical (unpaired) electrons. The summed E-state index contributed by atoms with van der Waals surface area (Å²) in [6, 6.07) is 1.47. The molecule has 0 bridgehead atoms. The molecule has 0 saturated heterocycles. The van der Waals surface area contributed by atoms with Gasteiger partial charge in [-0.15, -0.1) is 0 Å². The highest BCUT2D eigenvalue weighted by molar-refractivity contribution is 5.26. The molecule has 0 fully saturated rings. The van der Waals surface area contributed by atoms with E-state index in [1.807, 2.05) is 0 Å². The Bertz CT molecular complexity index is 387. The largest absolute Gasteiger partial charge is 0.476 e. The van der Waals surface area contributed by atoms with Gasteiger partial charge in [-0.1, -0.05) is 39.0 Å². The molecule has 3 N–H and O–H groups in total. The van der Waals surface area contributed by atoms with Gasteiger partial charge >= 0.3 is 0 Å². The monoisotopic (exact) mass is 283 g/mol. The van der Waals surface area contributed by atoms with E-state index < -0.39 is 5.82 Å². The molecule has 0 saturated carbocycles. The summed E-state index contributed by atoms with van der Waals surface area (Å²) in [5.41, 5.74) is 3.23. The van der Waals surface area contributed by atoms with Crippen LogP contribution < -0.4 is 16.0 Å². The lowest BCUT2D eigenvalue weighted by Crippen LogP contribution is -2.29. The number of rotatable bonds is 10. The molecule has 1 aromatic rings. The minimum absolute atomic E-state index is 0.0521. The SMILES string of the molecule is CCCCCCCC(NN)c1ccnc(OCC)c1F. The molecule has 0 aliphatic rings. The number of hydrazine groups is 1. The highest BCUT2D eigenvalue weighted by Gasteiger charge is 2.18. The van der Waals surface area contributed by atoms with E-state index in [9.17, 15) is 4.39 Å². The number of pyridine rings is 1. The first-order valence-electron chi connectivity index (χ1n) is 7.47. The second-order valence-corrected chi connectivity index (χ2v) is 4.87. The lowest BCUT2D eigenvalue weighted by atomic mass is 10.0. The number of ether oxygens (including phenoxy) is 1. The maximum Gasteiger partial charge on any atom is 0.250 e. The van der Waals surface area contributed by atoms with Crippen molar-refractivity contribution in [2.45, 2.75) is 58.4 Å². The summed E-state index contributed by atoms with van der Waals surface area (Å²) >= 11 is 0. The summed E-state index contributed by atoms with van der Waals surface area (Å²) in [5.74, 6) is 5.20. The quantitative estimate of drug-likeness (QED) is 0.392. The van der Waals surface area contributed by atoms with Gasteiger partial charge in [-0.05, 0) is 19.4 Å². The molecule has 4 nitrogen and oxygen atoms in total. The van der Waals surface area contributed by atoms with Gasteiger partial charge in [-0.3, -0.25) is 11.3 Å². The summed E-state index contributed by atoms with van der Waals surface area (Å²) in [6.07, 6.45) is 8.24. The van der Waals surface area contributed by atoms with Gasteiger partial charge in [0.05, 0.1) is 6.61 Å². The normalized spacial score (nSPS) is 12.4. The smallest absolute Gasteiger partial charge is 0.250 e. The molecular formula is C15H26FN3O. The minimum Gasteiger partial charge on any atom is -0.476 e. The van der Waals surface area contributed by atoms with Crippen LogP contribution in [0.25, 0.3) is 0 Å². The zero-order valence-corrected chi connectivity index (χ0v) is 12.5. The molecule has 1 heterocycles. The van der Waals surface area contributed by atoms with Crippen LogP contribution in [0.4, 0.5) is 4.39 Å². The van der Waals surface area contributed by atoms with Crippen LogP contribution >= 0.6 is 0 Å². The molecule has 114 valence electrons. The predicted molar refractivity (Wildman–Crippen MR) is 78.8 cm³/mol. The third kappa shape index (κ3) is 5.06. The molecule has 0 aliphatic heterocycles. The molecule has 0 aliphatic carbocycles. The third-order valence-electron chi connectivity index (χ3n) is 3.34. The van der Waals surface area contributed by atoms with Crippen molar-refractivity contribution in [1.29, 1.82) is 0 Å². The van der Waals surface area contributed by atoms with E-state index in [-0.39, 0.29) is 11.9 Å². The number of hydrogen-bond donors (Lipinski definition) is 2. The fourth-order valence-corrected chi connectivity index (χ4v) is 2.23. The van der Waals surface area contributed by atoms with Gasteiger partial charge in [0, 0.05) is 17.8 Å². The van der Waals surface area contributed by atoms with Crippen LogP contribution in [0.2, 0.25) is 0 Å². The van der Waals surface area contributed by atoms with E-state index >= 15 is 0 Å². The Morgan fingerprint density at radius 2 is 2.05 bits per heavy atom. The third-order valence-corrected chi connectivity index (χ3v) is 3.34. The van der Waals surface area contributed by atoms with Crippen molar-refractivity contribution >= 4 is 0 Å². The van der Waals surface area contributed by atoms with Crippen molar-refractivity contribution in [2.24, 2.45) is 5.84 Å². The average Bonchev–Trinajstić information content (AvgIpc) is 2.46. The number of nitrogens with two attached hydrogens (primary N) is 1. The Balaban J connectivity index is 2.62. The van der Waals surface area contributed by atoms with E-state index in [2.05, 4.69) is 17.3 Å². The van der Waals surface area contributed by atoms with Crippen LogP contribution in [0.1, 0.15) is 64.0 Å². The molecular weight excluding hydrogens is 257 g/mol. The fraction of sp³-hybridized carbons (Fsp3) is 0.667. The topological polar surface area (TPSA) is 60.2 Å². The zero-order chi connectivity index (χ0) is 14.8. The van der Waals surface area contributed by atoms with Crippen LogP contribution in [-0.2, 0) is 0 Å². The van der Waals surface area contributed by atoms with Gasteiger partial charge in [-0.25, -0.2) is 9.37 Å². The highest BCUT2D eigenvalue weighted by atomic mass is 19.1. The number of nitrogens with zero attached hydrogens (tertiary/aromatic N) is 1. The summed E-state index contributed by atoms with van der Waals surface area (Å²) < 4.78 is 19.4. The van der Waals surface area contributed by atoms with E-state index in [1.165, 1.54) is 19.3 Å². The Hall–Kier alpha value is -1.20. The van der Waals surface area contributed by atoms with Crippen molar-refractivity contribution in [3.63, 3.8) is 0 Å². The number of nitrogens with one attached hydrogen (secondary N) is 1. The Morgan fingerprint density at radius 3 is 2.70 bits per heavy atom. The van der Waals surface area contributed by atoms with E-state index in [0.717, 1.165) is 19.3 Å². The number of unbranched alkanes of at least 4 members (excludes halogenated alkanes) is 4. The summed E-state index contributed by atoms with van der Waals surface area (Å²) in [5, 5.41) is 0. The Labute approximate surface area is 120 Å². The lowest BCUT2D eigenvalue weighted by Gasteiger charge is -2.17. The van der Waals surface area contributed by atoms with Gasteiger partial charge in [-0.2, -0.15) is 0 Å². The van der Waals surface area contributed by atoms with Crippen molar-refractivity contribution in [1.82, 2.24) is 10.4 Å². The summed E-state index contributed by atoms with van der Waals surface area (Å²) in [7, 11) is 0. The van der Waals surface area contributed by atoms with Crippen LogP contribution in [0, 0.1) is 5.82 Å². The van der Waals surface area contributed by atoms with Crippen LogP contribution in [-0.4, -0.2) is 11.6 Å². The molecule has 20 heavy (non-hydrogen) atoms. The van der Waals surface area contributed by atoms with Crippen molar-refractivity contribution in [3.05, 3.63) is 23.6 Å². The molecule has 5 heteroatoms. The van der Waals surface area contributed by atoms with Crippen molar-refractivity contribution < 1.29 is 9.13 Å². The van der Waals surface area contributed by atoms with Crippen LogP contribution in [0.3, 0.4) is 0 Å². The summed E-state index contributed by atoms with van der Waals surface area (Å²) in [6.45, 7) is 4.39. The molecule has 1 unspecified atom stereocenters. The summed E-state index contributed by atoms with van der Waals surface area (Å²) in [4.78, 5) is 3.90. The van der Waals surface area contributed by atoms with Gasteiger partial charge in [0.1, 0.15) is 0 Å². The Morgan fingerprint density at radius 1 is 1.30 bits per heavy atom. The van der Waals surface area contributed by atoms with Crippen molar-refractivity contribution in [3.8, 4) is 5.88 Å². The van der Waals surface area contributed by atoms with Gasteiger partial charge in [0.25, 0.3) is 5.88 Å². The first-order valence-corrected chi connectivity index (χ1v) is 7.47. The van der Waals surface area contributed by atoms with E-state index in [0.29, 0.717) is 12.2 Å². The molecule has 0 amide bonds. The second kappa shape index (κ2) is 9.66. The minimum atomic E-state index is -0.411. The average molecular weight is 283 g/mol. The molecule has 0 aromatic carbocycles. The number of hydrogen-bond acceptors (Lipinski definition) is 4. The highest BCUT2D eigenvalue weighted by Crippen LogP contribution is 2.26.